The highest BCUT2D eigenvalue weighted by atomic mass is 16.5. The van der Waals surface area contributed by atoms with Crippen molar-refractivity contribution in [1.82, 2.24) is 0 Å². The molecule has 0 spiro atoms. The van der Waals surface area contributed by atoms with Crippen LogP contribution in [0.3, 0.4) is 0 Å². The lowest BCUT2D eigenvalue weighted by Gasteiger charge is -2.21. The van der Waals surface area contributed by atoms with Crippen molar-refractivity contribution in [1.29, 1.82) is 0 Å². The van der Waals surface area contributed by atoms with Crippen LogP contribution in [0.25, 0.3) is 0 Å². The van der Waals surface area contributed by atoms with Crippen molar-refractivity contribution < 1.29 is 14.9 Å². The van der Waals surface area contributed by atoms with E-state index < -0.39 is 0 Å². The first-order chi connectivity index (χ1) is 6.36. The molecular weight excluding hydrogens is 180 g/mol. The summed E-state index contributed by atoms with van der Waals surface area (Å²) in [7, 11) is 1.45. The summed E-state index contributed by atoms with van der Waals surface area (Å²) in [6, 6.07) is 2.96. The highest BCUT2D eigenvalue weighted by Crippen LogP contribution is 2.38. The number of benzene rings is 1. The summed E-state index contributed by atoms with van der Waals surface area (Å²) in [5.41, 5.74) is 0.504. The maximum absolute atomic E-state index is 9.69. The molecule has 0 amide bonds. The Morgan fingerprint density at radius 3 is 2.07 bits per heavy atom. The van der Waals surface area contributed by atoms with Gasteiger partial charge in [0.15, 0.2) is 11.5 Å². The number of rotatable bonds is 1. The van der Waals surface area contributed by atoms with Gasteiger partial charge in [-0.25, -0.2) is 0 Å². The first kappa shape index (κ1) is 10.7. The Labute approximate surface area is 84.0 Å². The molecule has 14 heavy (non-hydrogen) atoms. The van der Waals surface area contributed by atoms with Gasteiger partial charge >= 0.3 is 0 Å². The Kier molecular flexibility index (Phi) is 2.60. The molecule has 0 bridgehead atoms. The number of methoxy groups -OCH3 is 1. The predicted octanol–water partition coefficient (Wildman–Crippen LogP) is 2.40. The van der Waals surface area contributed by atoms with Crippen molar-refractivity contribution in [2.24, 2.45) is 0 Å². The molecule has 78 valence electrons. The average Bonchev–Trinajstić information content (AvgIpc) is 2.06. The van der Waals surface area contributed by atoms with Crippen LogP contribution in [0.15, 0.2) is 12.1 Å². The van der Waals surface area contributed by atoms with E-state index in [0.29, 0.717) is 5.56 Å². The van der Waals surface area contributed by atoms with Crippen LogP contribution in [0.4, 0.5) is 0 Å². The van der Waals surface area contributed by atoms with E-state index in [0.717, 1.165) is 0 Å². The molecule has 0 aliphatic rings. The van der Waals surface area contributed by atoms with Crippen molar-refractivity contribution >= 4 is 0 Å². The fraction of sp³-hybridized carbons (Fsp3) is 0.455. The van der Waals surface area contributed by atoms with Gasteiger partial charge in [0, 0.05) is 11.6 Å². The van der Waals surface area contributed by atoms with Gasteiger partial charge < -0.3 is 14.9 Å². The second-order valence-corrected chi connectivity index (χ2v) is 4.29. The van der Waals surface area contributed by atoms with Crippen molar-refractivity contribution in [3.05, 3.63) is 17.7 Å². The summed E-state index contributed by atoms with van der Waals surface area (Å²) in [4.78, 5) is 0. The first-order valence-corrected chi connectivity index (χ1v) is 4.46. The molecule has 1 aromatic carbocycles. The minimum absolute atomic E-state index is 0.0511. The Hall–Kier alpha value is -1.38. The number of phenols is 2. The SMILES string of the molecule is COc1cc(O)c(C(C)(C)C)cc1O. The number of ether oxygens (including phenoxy) is 1. The van der Waals surface area contributed by atoms with Crippen molar-refractivity contribution in [3.63, 3.8) is 0 Å². The van der Waals surface area contributed by atoms with Gasteiger partial charge in [-0.2, -0.15) is 0 Å². The Balaban J connectivity index is 3.29. The van der Waals surface area contributed by atoms with Crippen LogP contribution < -0.4 is 4.74 Å². The maximum Gasteiger partial charge on any atom is 0.164 e. The van der Waals surface area contributed by atoms with Gasteiger partial charge in [-0.1, -0.05) is 20.8 Å². The molecule has 0 atom stereocenters. The Morgan fingerprint density at radius 2 is 1.64 bits per heavy atom. The van der Waals surface area contributed by atoms with E-state index in [1.54, 1.807) is 0 Å². The molecule has 2 N–H and O–H groups in total. The number of hydrogen-bond donors (Lipinski definition) is 2. The fourth-order valence-electron chi connectivity index (χ4n) is 1.32. The molecule has 3 nitrogen and oxygen atoms in total. The van der Waals surface area contributed by atoms with Crippen molar-refractivity contribution in [2.45, 2.75) is 26.2 Å². The van der Waals surface area contributed by atoms with Gasteiger partial charge in [0.1, 0.15) is 5.75 Å². The zero-order valence-corrected chi connectivity index (χ0v) is 8.96. The summed E-state index contributed by atoms with van der Waals surface area (Å²) in [5, 5.41) is 19.2. The quantitative estimate of drug-likeness (QED) is 0.678. The highest BCUT2D eigenvalue weighted by molar-refractivity contribution is 5.51. The standard InChI is InChI=1S/C11H16O3/c1-11(2,3)7-5-9(13)10(14-4)6-8(7)12/h5-6,12-13H,1-4H3. The third kappa shape index (κ3) is 1.92. The molecule has 0 fully saturated rings. The number of phenolic OH excluding ortho intramolecular Hbond substituents is 2. The molecule has 3 heteroatoms. The third-order valence-corrected chi connectivity index (χ3v) is 2.11. The summed E-state index contributed by atoms with van der Waals surface area (Å²) in [6.45, 7) is 5.90. The van der Waals surface area contributed by atoms with Crippen LogP contribution in [-0.4, -0.2) is 17.3 Å². The molecule has 0 unspecified atom stereocenters. The van der Waals surface area contributed by atoms with E-state index in [9.17, 15) is 10.2 Å². The smallest absolute Gasteiger partial charge is 0.164 e. The largest absolute Gasteiger partial charge is 0.508 e. The molecule has 0 aromatic heterocycles. The van der Waals surface area contributed by atoms with Gasteiger partial charge in [0.05, 0.1) is 7.11 Å². The fourth-order valence-corrected chi connectivity index (χ4v) is 1.32. The second kappa shape index (κ2) is 3.40. The molecule has 0 aliphatic carbocycles. The van der Waals surface area contributed by atoms with E-state index >= 15 is 0 Å². The maximum atomic E-state index is 9.69. The molecule has 1 rings (SSSR count). The molecule has 0 saturated carbocycles. The summed E-state index contributed by atoms with van der Waals surface area (Å²) >= 11 is 0. The van der Waals surface area contributed by atoms with Crippen LogP contribution in [0.5, 0.6) is 17.2 Å². The van der Waals surface area contributed by atoms with Gasteiger partial charge in [-0.05, 0) is 11.5 Å². The van der Waals surface area contributed by atoms with Crippen molar-refractivity contribution in [2.75, 3.05) is 7.11 Å². The van der Waals surface area contributed by atoms with Crippen LogP contribution >= 0.6 is 0 Å². The Bertz CT molecular complexity index is 337. The van der Waals surface area contributed by atoms with E-state index in [-0.39, 0.29) is 22.7 Å². The lowest BCUT2D eigenvalue weighted by molar-refractivity contribution is 0.364. The zero-order valence-electron chi connectivity index (χ0n) is 8.96. The lowest BCUT2D eigenvalue weighted by Crippen LogP contribution is -2.11. The normalized spacial score (nSPS) is 11.4. The van der Waals surface area contributed by atoms with Crippen LogP contribution in [0.1, 0.15) is 26.3 Å². The van der Waals surface area contributed by atoms with Gasteiger partial charge in [-0.15, -0.1) is 0 Å². The number of hydrogen-bond acceptors (Lipinski definition) is 3. The summed E-state index contributed by atoms with van der Waals surface area (Å²) in [5.74, 6) is 0.484. The first-order valence-electron chi connectivity index (χ1n) is 4.46. The third-order valence-electron chi connectivity index (χ3n) is 2.11. The van der Waals surface area contributed by atoms with Crippen LogP contribution in [-0.2, 0) is 5.41 Å². The summed E-state index contributed by atoms with van der Waals surface area (Å²) in [6.07, 6.45) is 0. The molecule has 0 saturated heterocycles. The topological polar surface area (TPSA) is 49.7 Å². The molecule has 0 aliphatic heterocycles. The molecule has 1 aromatic rings. The van der Waals surface area contributed by atoms with Gasteiger partial charge in [-0.3, -0.25) is 0 Å². The lowest BCUT2D eigenvalue weighted by atomic mass is 9.86. The van der Waals surface area contributed by atoms with E-state index in [1.807, 2.05) is 20.8 Å². The van der Waals surface area contributed by atoms with E-state index in [2.05, 4.69) is 0 Å². The predicted molar refractivity (Wildman–Crippen MR) is 55.0 cm³/mol. The minimum atomic E-state index is -0.201. The minimum Gasteiger partial charge on any atom is -0.508 e. The van der Waals surface area contributed by atoms with E-state index in [4.69, 9.17) is 4.74 Å². The van der Waals surface area contributed by atoms with Gasteiger partial charge in [0.25, 0.3) is 0 Å². The van der Waals surface area contributed by atoms with Crippen LogP contribution in [0.2, 0.25) is 0 Å². The average molecular weight is 196 g/mol. The summed E-state index contributed by atoms with van der Waals surface area (Å²) < 4.78 is 4.88. The van der Waals surface area contributed by atoms with E-state index in [1.165, 1.54) is 19.2 Å². The van der Waals surface area contributed by atoms with Crippen molar-refractivity contribution in [3.8, 4) is 17.2 Å². The van der Waals surface area contributed by atoms with Gasteiger partial charge in [0.2, 0.25) is 0 Å². The molecular formula is C11H16O3. The Morgan fingerprint density at radius 1 is 1.07 bits per heavy atom. The zero-order chi connectivity index (χ0) is 10.9. The molecule has 0 heterocycles. The highest BCUT2D eigenvalue weighted by Gasteiger charge is 2.20. The monoisotopic (exact) mass is 196 g/mol. The second-order valence-electron chi connectivity index (χ2n) is 4.29. The number of aromatic hydroxyl groups is 2. The molecule has 0 radical (unpaired) electrons. The van der Waals surface area contributed by atoms with Crippen LogP contribution in [0, 0.1) is 0 Å².